The smallest absolute Gasteiger partial charge is 0.229 e. The van der Waals surface area contributed by atoms with Crippen LogP contribution >= 0.6 is 0 Å². The SMILES string of the molecule is CCC1(C(=O)N(C)CC2CCCC2)CCCNC1. The molecular formula is C15H28N2O. The summed E-state index contributed by atoms with van der Waals surface area (Å²) < 4.78 is 0. The van der Waals surface area contributed by atoms with Gasteiger partial charge >= 0.3 is 0 Å². The number of amides is 1. The molecule has 3 heteroatoms. The predicted molar refractivity (Wildman–Crippen MR) is 74.4 cm³/mol. The van der Waals surface area contributed by atoms with Crippen LogP contribution in [0.5, 0.6) is 0 Å². The van der Waals surface area contributed by atoms with Gasteiger partial charge in [-0.2, -0.15) is 0 Å². The molecule has 1 N–H and O–H groups in total. The summed E-state index contributed by atoms with van der Waals surface area (Å²) >= 11 is 0. The maximum Gasteiger partial charge on any atom is 0.229 e. The Morgan fingerprint density at radius 3 is 2.61 bits per heavy atom. The summed E-state index contributed by atoms with van der Waals surface area (Å²) in [6.07, 6.45) is 8.50. The van der Waals surface area contributed by atoms with E-state index in [0.717, 1.165) is 44.8 Å². The lowest BCUT2D eigenvalue weighted by Crippen LogP contribution is -2.51. The monoisotopic (exact) mass is 252 g/mol. The summed E-state index contributed by atoms with van der Waals surface area (Å²) in [4.78, 5) is 14.7. The van der Waals surface area contributed by atoms with Crippen LogP contribution in [0.25, 0.3) is 0 Å². The van der Waals surface area contributed by atoms with Crippen molar-refractivity contribution in [2.75, 3.05) is 26.7 Å². The molecule has 0 radical (unpaired) electrons. The van der Waals surface area contributed by atoms with E-state index in [4.69, 9.17) is 0 Å². The van der Waals surface area contributed by atoms with Gasteiger partial charge in [-0.1, -0.05) is 19.8 Å². The van der Waals surface area contributed by atoms with Crippen LogP contribution < -0.4 is 5.32 Å². The highest BCUT2D eigenvalue weighted by Crippen LogP contribution is 2.33. The third kappa shape index (κ3) is 2.87. The Hall–Kier alpha value is -0.570. The maximum atomic E-state index is 12.7. The quantitative estimate of drug-likeness (QED) is 0.833. The maximum absolute atomic E-state index is 12.7. The molecular weight excluding hydrogens is 224 g/mol. The normalized spacial score (nSPS) is 29.4. The van der Waals surface area contributed by atoms with Crippen LogP contribution in [0.15, 0.2) is 0 Å². The van der Waals surface area contributed by atoms with Crippen molar-refractivity contribution >= 4 is 5.91 Å². The largest absolute Gasteiger partial charge is 0.345 e. The number of rotatable bonds is 4. The van der Waals surface area contributed by atoms with E-state index in [1.807, 2.05) is 11.9 Å². The molecule has 0 bridgehead atoms. The summed E-state index contributed by atoms with van der Waals surface area (Å²) in [6.45, 7) is 5.08. The van der Waals surface area contributed by atoms with Crippen molar-refractivity contribution in [2.24, 2.45) is 11.3 Å². The van der Waals surface area contributed by atoms with Crippen molar-refractivity contribution in [2.45, 2.75) is 51.9 Å². The van der Waals surface area contributed by atoms with E-state index in [1.54, 1.807) is 0 Å². The molecule has 1 aliphatic heterocycles. The van der Waals surface area contributed by atoms with E-state index in [0.29, 0.717) is 5.91 Å². The van der Waals surface area contributed by atoms with Gasteiger partial charge in [-0.3, -0.25) is 4.79 Å². The molecule has 3 nitrogen and oxygen atoms in total. The van der Waals surface area contributed by atoms with Gasteiger partial charge < -0.3 is 10.2 Å². The van der Waals surface area contributed by atoms with Gasteiger partial charge in [0.25, 0.3) is 0 Å². The third-order valence-corrected chi connectivity index (χ3v) is 4.96. The fourth-order valence-corrected chi connectivity index (χ4v) is 3.67. The molecule has 0 spiro atoms. The molecule has 1 saturated carbocycles. The van der Waals surface area contributed by atoms with Crippen molar-refractivity contribution in [1.82, 2.24) is 10.2 Å². The van der Waals surface area contributed by atoms with Crippen LogP contribution in [0.2, 0.25) is 0 Å². The van der Waals surface area contributed by atoms with Gasteiger partial charge in [-0.05, 0) is 44.6 Å². The molecule has 1 saturated heterocycles. The van der Waals surface area contributed by atoms with E-state index in [9.17, 15) is 4.79 Å². The van der Waals surface area contributed by atoms with Crippen molar-refractivity contribution in [3.05, 3.63) is 0 Å². The number of carbonyl (C=O) groups excluding carboxylic acids is 1. The zero-order valence-electron chi connectivity index (χ0n) is 12.0. The first-order valence-electron chi connectivity index (χ1n) is 7.64. The van der Waals surface area contributed by atoms with Gasteiger partial charge in [0.1, 0.15) is 0 Å². The average Bonchev–Trinajstić information content (AvgIpc) is 2.91. The highest BCUT2D eigenvalue weighted by atomic mass is 16.2. The second-order valence-corrected chi connectivity index (χ2v) is 6.25. The Kier molecular flexibility index (Phi) is 4.66. The Labute approximate surface area is 111 Å². The van der Waals surface area contributed by atoms with Crippen LogP contribution in [-0.4, -0.2) is 37.5 Å². The van der Waals surface area contributed by atoms with Gasteiger partial charge in [-0.15, -0.1) is 0 Å². The first-order chi connectivity index (χ1) is 8.68. The van der Waals surface area contributed by atoms with E-state index >= 15 is 0 Å². The standard InChI is InChI=1S/C15H28N2O/c1-3-15(9-6-10-16-12-15)14(18)17(2)11-13-7-4-5-8-13/h13,16H,3-12H2,1-2H3. The molecule has 0 aromatic rings. The first-order valence-corrected chi connectivity index (χ1v) is 7.64. The highest BCUT2D eigenvalue weighted by molar-refractivity contribution is 5.83. The molecule has 2 fully saturated rings. The fourth-order valence-electron chi connectivity index (χ4n) is 3.67. The molecule has 104 valence electrons. The minimum atomic E-state index is -0.119. The molecule has 0 aromatic heterocycles. The zero-order valence-corrected chi connectivity index (χ0v) is 12.0. The number of carbonyl (C=O) groups is 1. The second kappa shape index (κ2) is 6.05. The van der Waals surface area contributed by atoms with E-state index in [1.165, 1.54) is 25.7 Å². The fraction of sp³-hybridized carbons (Fsp3) is 0.933. The van der Waals surface area contributed by atoms with Crippen LogP contribution in [-0.2, 0) is 4.79 Å². The van der Waals surface area contributed by atoms with E-state index in [-0.39, 0.29) is 5.41 Å². The number of nitrogens with zero attached hydrogens (tertiary/aromatic N) is 1. The van der Waals surface area contributed by atoms with Crippen LogP contribution in [0.1, 0.15) is 51.9 Å². The van der Waals surface area contributed by atoms with Gasteiger partial charge in [0.15, 0.2) is 0 Å². The third-order valence-electron chi connectivity index (χ3n) is 4.96. The molecule has 1 heterocycles. The number of hydrogen-bond donors (Lipinski definition) is 1. The molecule has 2 aliphatic rings. The lowest BCUT2D eigenvalue weighted by atomic mass is 9.77. The van der Waals surface area contributed by atoms with Crippen molar-refractivity contribution in [3.63, 3.8) is 0 Å². The predicted octanol–water partition coefficient (Wildman–Crippen LogP) is 2.41. The van der Waals surface area contributed by atoms with Crippen LogP contribution in [0.3, 0.4) is 0 Å². The molecule has 1 atom stereocenters. The zero-order chi connectivity index (χ0) is 13.0. The van der Waals surface area contributed by atoms with Gasteiger partial charge in [0, 0.05) is 20.1 Å². The minimum absolute atomic E-state index is 0.119. The number of hydrogen-bond acceptors (Lipinski definition) is 2. The molecule has 1 amide bonds. The van der Waals surface area contributed by atoms with E-state index < -0.39 is 0 Å². The molecule has 1 aliphatic carbocycles. The number of piperidine rings is 1. The molecule has 1 unspecified atom stereocenters. The summed E-state index contributed by atoms with van der Waals surface area (Å²) in [7, 11) is 2.01. The van der Waals surface area contributed by atoms with Crippen molar-refractivity contribution < 1.29 is 4.79 Å². The minimum Gasteiger partial charge on any atom is -0.345 e. The Balaban J connectivity index is 1.94. The average molecular weight is 252 g/mol. The van der Waals surface area contributed by atoms with Gasteiger partial charge in [0.05, 0.1) is 5.41 Å². The first kappa shape index (κ1) is 13.9. The lowest BCUT2D eigenvalue weighted by molar-refractivity contribution is -0.142. The Bertz CT molecular complexity index is 278. The molecule has 2 rings (SSSR count). The van der Waals surface area contributed by atoms with Gasteiger partial charge in [-0.25, -0.2) is 0 Å². The van der Waals surface area contributed by atoms with Crippen molar-refractivity contribution in [1.29, 1.82) is 0 Å². The summed E-state index contributed by atoms with van der Waals surface area (Å²) in [5, 5.41) is 3.41. The molecule has 0 aromatic carbocycles. The highest BCUT2D eigenvalue weighted by Gasteiger charge is 2.40. The lowest BCUT2D eigenvalue weighted by Gasteiger charge is -2.39. The van der Waals surface area contributed by atoms with Crippen molar-refractivity contribution in [3.8, 4) is 0 Å². The molecule has 18 heavy (non-hydrogen) atoms. The summed E-state index contributed by atoms with van der Waals surface area (Å²) in [5.74, 6) is 1.13. The van der Waals surface area contributed by atoms with Gasteiger partial charge in [0.2, 0.25) is 5.91 Å². The van der Waals surface area contributed by atoms with E-state index in [2.05, 4.69) is 12.2 Å². The summed E-state index contributed by atoms with van der Waals surface area (Å²) in [6, 6.07) is 0. The second-order valence-electron chi connectivity index (χ2n) is 6.25. The van der Waals surface area contributed by atoms with Crippen LogP contribution in [0, 0.1) is 11.3 Å². The Morgan fingerprint density at radius 2 is 2.06 bits per heavy atom. The Morgan fingerprint density at radius 1 is 1.33 bits per heavy atom. The summed E-state index contributed by atoms with van der Waals surface area (Å²) in [5.41, 5.74) is -0.119. The van der Waals surface area contributed by atoms with Crippen LogP contribution in [0.4, 0.5) is 0 Å². The number of nitrogens with one attached hydrogen (secondary N) is 1. The topological polar surface area (TPSA) is 32.3 Å².